The molecule has 3 rings (SSSR count). The molecule has 2 aliphatic carbocycles. The van der Waals surface area contributed by atoms with E-state index in [9.17, 15) is 9.13 Å². The predicted molar refractivity (Wildman–Crippen MR) is 90.0 cm³/mol. The number of allylic oxidation sites excluding steroid dienone is 5. The van der Waals surface area contributed by atoms with Gasteiger partial charge in [0.25, 0.3) is 0 Å². The van der Waals surface area contributed by atoms with Gasteiger partial charge in [-0.25, -0.2) is 0 Å². The van der Waals surface area contributed by atoms with Crippen molar-refractivity contribution in [2.24, 2.45) is 0 Å². The maximum atomic E-state index is 12.0. The fourth-order valence-corrected chi connectivity index (χ4v) is 10.9. The molecule has 21 heavy (non-hydrogen) atoms. The van der Waals surface area contributed by atoms with Crippen molar-refractivity contribution in [2.75, 3.05) is 0 Å². The summed E-state index contributed by atoms with van der Waals surface area (Å²) in [6, 6.07) is 8.03. The molecule has 2 unspecified atom stereocenters. The van der Waals surface area contributed by atoms with Crippen LogP contribution in [0.15, 0.2) is 52.4 Å². The van der Waals surface area contributed by atoms with Gasteiger partial charge < -0.3 is 0 Å². The summed E-state index contributed by atoms with van der Waals surface area (Å²) in [7, 11) is 0. The Labute approximate surface area is 140 Å². The van der Waals surface area contributed by atoms with E-state index >= 15 is 0 Å². The Hall–Kier alpha value is -0.496. The zero-order chi connectivity index (χ0) is 13.5. The second-order valence-corrected chi connectivity index (χ2v) is 15.3. The molecule has 0 saturated carbocycles. The Bertz CT molecular complexity index is 740. The molecule has 0 aliphatic heterocycles. The van der Waals surface area contributed by atoms with Crippen LogP contribution in [0.3, 0.4) is 0 Å². The van der Waals surface area contributed by atoms with Gasteiger partial charge in [0.1, 0.15) is 0 Å². The quantitative estimate of drug-likeness (QED) is 0.541. The summed E-state index contributed by atoms with van der Waals surface area (Å²) in [6.07, 6.45) is 10.8. The zero-order valence-electron chi connectivity index (χ0n) is 11.3. The Balaban J connectivity index is 0.00000110. The Morgan fingerprint density at radius 2 is 1.90 bits per heavy atom. The molecule has 0 amide bonds. The summed E-state index contributed by atoms with van der Waals surface area (Å²) >= 11 is -3.40. The van der Waals surface area contributed by atoms with E-state index in [0.717, 1.165) is 21.4 Å². The van der Waals surface area contributed by atoms with Crippen molar-refractivity contribution in [1.29, 1.82) is 0 Å². The first kappa shape index (κ1) is 18.6. The fourth-order valence-electron chi connectivity index (χ4n) is 2.86. The van der Waals surface area contributed by atoms with Crippen molar-refractivity contribution >= 4 is 41.4 Å². The van der Waals surface area contributed by atoms with Gasteiger partial charge in [0.05, 0.1) is 0 Å². The van der Waals surface area contributed by atoms with Crippen molar-refractivity contribution < 1.29 is 24.7 Å². The average Bonchev–Trinajstić information content (AvgIpc) is 3.07. The van der Waals surface area contributed by atoms with Crippen LogP contribution < -0.4 is 0 Å². The molecule has 1 aromatic carbocycles. The van der Waals surface area contributed by atoms with Gasteiger partial charge in [-0.15, -0.1) is 24.8 Å². The summed E-state index contributed by atoms with van der Waals surface area (Å²) in [5.41, 5.74) is -0.213. The van der Waals surface area contributed by atoms with Crippen LogP contribution in [0.1, 0.15) is 21.8 Å². The van der Waals surface area contributed by atoms with E-state index in [-0.39, 0.29) is 29.0 Å². The molecule has 0 radical (unpaired) electrons. The van der Waals surface area contributed by atoms with Crippen LogP contribution in [0.2, 0.25) is 0 Å². The van der Waals surface area contributed by atoms with E-state index in [1.165, 1.54) is 0 Å². The van der Waals surface area contributed by atoms with E-state index in [0.29, 0.717) is 0 Å². The van der Waals surface area contributed by atoms with Gasteiger partial charge in [-0.05, 0) is 0 Å². The molecule has 2 nitrogen and oxygen atoms in total. The number of rotatable bonds is 3. The molecule has 111 valence electrons. The number of fused-ring (bicyclic) bond motifs is 1. The van der Waals surface area contributed by atoms with Gasteiger partial charge in [-0.2, -0.15) is 0 Å². The molecule has 2 aliphatic rings. The molecular weight excluding hydrogens is 362 g/mol. The molecule has 6 heteroatoms. The molecule has 0 fully saturated rings. The third-order valence-corrected chi connectivity index (χ3v) is 14.7. The monoisotopic (exact) mass is 377 g/mol. The van der Waals surface area contributed by atoms with Gasteiger partial charge >= 0.3 is 116 Å². The second-order valence-electron chi connectivity index (χ2n) is 4.97. The van der Waals surface area contributed by atoms with Gasteiger partial charge in [-0.1, -0.05) is 0 Å². The second kappa shape index (κ2) is 7.18. The maximum absolute atomic E-state index is 12.0. The van der Waals surface area contributed by atoms with E-state index in [1.54, 1.807) is 0 Å². The van der Waals surface area contributed by atoms with Crippen LogP contribution in [0.5, 0.6) is 0 Å². The zero-order valence-corrected chi connectivity index (χ0v) is 15.4. The van der Waals surface area contributed by atoms with Crippen molar-refractivity contribution in [1.82, 2.24) is 0 Å². The minimum atomic E-state index is -3.40. The van der Waals surface area contributed by atoms with E-state index in [4.69, 9.17) is 0 Å². The normalized spacial score (nSPS) is 20.8. The molecule has 0 aromatic heterocycles. The molecule has 2 atom stereocenters. The summed E-state index contributed by atoms with van der Waals surface area (Å²) in [6.45, 7) is 0. The average molecular weight is 378 g/mol. The van der Waals surface area contributed by atoms with Crippen LogP contribution in [0.25, 0.3) is 6.08 Å². The van der Waals surface area contributed by atoms with Crippen molar-refractivity contribution in [3.8, 4) is 0 Å². The first-order valence-electron chi connectivity index (χ1n) is 6.27. The molecule has 0 saturated heterocycles. The topological polar surface area (TPSA) is 34.1 Å². The van der Waals surface area contributed by atoms with Gasteiger partial charge in [-0.3, -0.25) is 0 Å². The summed E-state index contributed by atoms with van der Waals surface area (Å²) in [5, 5.41) is 0. The predicted octanol–water partition coefficient (Wildman–Crippen LogP) is 5.12. The molecule has 0 N–H and O–H groups in total. The molecule has 0 heterocycles. The standard InChI is InChI=1S/C9H7.C5H5.CH2.2ClH.O2P.Ti/c1-2-5-9-7-3-6-8(9)4-1;1-2-4-5-3-1;;;;1-3-2;/h1-7H;1-3H,4H2;1H2;2*1H;;. The van der Waals surface area contributed by atoms with E-state index in [2.05, 4.69) is 4.82 Å². The van der Waals surface area contributed by atoms with Crippen LogP contribution in [0.4, 0.5) is 0 Å². The molecule has 0 spiro atoms. The van der Waals surface area contributed by atoms with E-state index in [1.807, 2.05) is 54.6 Å². The molecule has 0 bridgehead atoms. The summed E-state index contributed by atoms with van der Waals surface area (Å²) < 4.78 is 25.0. The third kappa shape index (κ3) is 3.02. The first-order valence-corrected chi connectivity index (χ1v) is 12.3. The molecule has 1 aromatic rings. The van der Waals surface area contributed by atoms with Gasteiger partial charge in [0.15, 0.2) is 0 Å². The Morgan fingerprint density at radius 3 is 2.52 bits per heavy atom. The van der Waals surface area contributed by atoms with Crippen LogP contribution in [-0.4, -0.2) is 4.82 Å². The van der Waals surface area contributed by atoms with Crippen LogP contribution in [-0.2, 0) is 24.7 Å². The number of hydrogen-bond donors (Lipinski definition) is 0. The molecular formula is C15H16Cl2O2PTi. The van der Waals surface area contributed by atoms with Gasteiger partial charge in [0, 0.05) is 0 Å². The summed E-state index contributed by atoms with van der Waals surface area (Å²) in [4.78, 5) is 4.26. The van der Waals surface area contributed by atoms with Crippen molar-refractivity contribution in [2.45, 2.75) is 10.6 Å². The SMILES string of the molecule is Cl.Cl.[CH2]=[Ti]([C]1=CC=CC1)([CH]1C=Cc2ccccc21)[P](=O)=O. The number of hydrogen-bond acceptors (Lipinski definition) is 2. The van der Waals surface area contributed by atoms with Gasteiger partial charge in [0.2, 0.25) is 0 Å². The minimum absolute atomic E-state index is 0. The van der Waals surface area contributed by atoms with Crippen molar-refractivity contribution in [3.05, 3.63) is 63.6 Å². The van der Waals surface area contributed by atoms with Crippen LogP contribution >= 0.6 is 30.5 Å². The number of halogens is 2. The van der Waals surface area contributed by atoms with Crippen LogP contribution in [0, 0.1) is 0 Å². The van der Waals surface area contributed by atoms with E-state index < -0.39 is 21.3 Å². The van der Waals surface area contributed by atoms with Crippen molar-refractivity contribution in [3.63, 3.8) is 0 Å². The first-order chi connectivity index (χ1) is 9.14. The summed E-state index contributed by atoms with van der Waals surface area (Å²) in [5.74, 6) is 0. The Morgan fingerprint density at radius 1 is 1.19 bits per heavy atom. The Kier molecular flexibility index (Phi) is 6.34. The third-order valence-electron chi connectivity index (χ3n) is 3.97. The fraction of sp³-hybridized carbons (Fsp3) is 0.133. The number of benzene rings is 1.